The standard InChI is InChI=1S/C12H15N6/c1-17-10(4-5-14-17)9-8-11(16-12(13)15-9)18-6-2-3-7-18/h2,4-5,8H,3,6-7H2,1H3,(H2,13,15,16). The van der Waals surface area contributed by atoms with Gasteiger partial charge < -0.3 is 10.6 Å². The van der Waals surface area contributed by atoms with Crippen LogP contribution in [0.1, 0.15) is 6.42 Å². The average molecular weight is 243 g/mol. The van der Waals surface area contributed by atoms with Crippen LogP contribution in [0, 0.1) is 6.42 Å². The SMILES string of the molecule is Cn1nccc1-c1cc(N2C[CH]CC2)nc(N)n1. The molecule has 18 heavy (non-hydrogen) atoms. The molecule has 6 nitrogen and oxygen atoms in total. The summed E-state index contributed by atoms with van der Waals surface area (Å²) in [6.07, 6.45) is 5.07. The number of nitrogen functional groups attached to an aromatic ring is 1. The fourth-order valence-electron chi connectivity index (χ4n) is 2.16. The summed E-state index contributed by atoms with van der Waals surface area (Å²) >= 11 is 0. The van der Waals surface area contributed by atoms with Crippen molar-refractivity contribution in [3.05, 3.63) is 24.8 Å². The number of hydrogen-bond donors (Lipinski definition) is 1. The summed E-state index contributed by atoms with van der Waals surface area (Å²) in [7, 11) is 1.89. The Morgan fingerprint density at radius 3 is 2.89 bits per heavy atom. The molecule has 0 saturated carbocycles. The summed E-state index contributed by atoms with van der Waals surface area (Å²) in [4.78, 5) is 10.8. The lowest BCUT2D eigenvalue weighted by Crippen LogP contribution is -2.20. The zero-order valence-corrected chi connectivity index (χ0v) is 10.2. The highest BCUT2D eigenvalue weighted by molar-refractivity contribution is 5.61. The van der Waals surface area contributed by atoms with Gasteiger partial charge in [0.15, 0.2) is 0 Å². The van der Waals surface area contributed by atoms with Gasteiger partial charge in [-0.1, -0.05) is 0 Å². The number of nitrogens with zero attached hydrogens (tertiary/aromatic N) is 5. The molecule has 6 heteroatoms. The van der Waals surface area contributed by atoms with E-state index in [-0.39, 0.29) is 0 Å². The molecule has 0 aliphatic carbocycles. The van der Waals surface area contributed by atoms with Crippen LogP contribution in [0.3, 0.4) is 0 Å². The monoisotopic (exact) mass is 243 g/mol. The van der Waals surface area contributed by atoms with E-state index in [0.29, 0.717) is 5.95 Å². The van der Waals surface area contributed by atoms with E-state index in [4.69, 9.17) is 5.73 Å². The van der Waals surface area contributed by atoms with Crippen molar-refractivity contribution in [1.29, 1.82) is 0 Å². The highest BCUT2D eigenvalue weighted by Crippen LogP contribution is 2.24. The molecule has 0 spiro atoms. The first-order chi connectivity index (χ1) is 8.74. The van der Waals surface area contributed by atoms with Crippen LogP contribution in [0.4, 0.5) is 11.8 Å². The molecule has 0 amide bonds. The topological polar surface area (TPSA) is 72.9 Å². The van der Waals surface area contributed by atoms with Crippen LogP contribution < -0.4 is 10.6 Å². The van der Waals surface area contributed by atoms with Crippen LogP contribution in [-0.4, -0.2) is 32.8 Å². The third-order valence-electron chi connectivity index (χ3n) is 3.09. The van der Waals surface area contributed by atoms with E-state index < -0.39 is 0 Å². The molecule has 0 unspecified atom stereocenters. The Bertz CT molecular complexity index is 555. The molecular formula is C12H15N6. The van der Waals surface area contributed by atoms with E-state index in [0.717, 1.165) is 36.7 Å². The van der Waals surface area contributed by atoms with Crippen molar-refractivity contribution in [2.45, 2.75) is 6.42 Å². The first-order valence-corrected chi connectivity index (χ1v) is 5.93. The lowest BCUT2D eigenvalue weighted by molar-refractivity contribution is 0.773. The van der Waals surface area contributed by atoms with Crippen molar-refractivity contribution in [1.82, 2.24) is 19.7 Å². The normalized spacial score (nSPS) is 15.3. The van der Waals surface area contributed by atoms with Crippen molar-refractivity contribution >= 4 is 11.8 Å². The van der Waals surface area contributed by atoms with Crippen LogP contribution in [0.2, 0.25) is 0 Å². The van der Waals surface area contributed by atoms with Gasteiger partial charge in [-0.05, 0) is 18.9 Å². The van der Waals surface area contributed by atoms with Crippen molar-refractivity contribution in [3.63, 3.8) is 0 Å². The molecular weight excluding hydrogens is 228 g/mol. The predicted octanol–water partition coefficient (Wildman–Crippen LogP) is 0.874. The van der Waals surface area contributed by atoms with Crippen molar-refractivity contribution in [2.75, 3.05) is 23.7 Å². The molecule has 93 valence electrons. The summed E-state index contributed by atoms with van der Waals surface area (Å²) in [6, 6.07) is 3.88. The molecule has 2 aromatic heterocycles. The molecule has 3 heterocycles. The minimum Gasteiger partial charge on any atom is -0.368 e. The maximum absolute atomic E-state index is 5.79. The second-order valence-corrected chi connectivity index (χ2v) is 4.33. The van der Waals surface area contributed by atoms with Crippen molar-refractivity contribution in [3.8, 4) is 11.4 Å². The van der Waals surface area contributed by atoms with Gasteiger partial charge in [0.2, 0.25) is 5.95 Å². The summed E-state index contributed by atoms with van der Waals surface area (Å²) in [5.41, 5.74) is 7.54. The van der Waals surface area contributed by atoms with Crippen LogP contribution in [0.5, 0.6) is 0 Å². The van der Waals surface area contributed by atoms with Crippen molar-refractivity contribution < 1.29 is 0 Å². The largest absolute Gasteiger partial charge is 0.368 e. The average Bonchev–Trinajstić information content (AvgIpc) is 2.98. The Morgan fingerprint density at radius 1 is 1.33 bits per heavy atom. The molecule has 1 aliphatic rings. The molecule has 1 radical (unpaired) electrons. The smallest absolute Gasteiger partial charge is 0.222 e. The predicted molar refractivity (Wildman–Crippen MR) is 69.8 cm³/mol. The van der Waals surface area contributed by atoms with Crippen molar-refractivity contribution in [2.24, 2.45) is 7.05 Å². The summed E-state index contributed by atoms with van der Waals surface area (Å²) in [5, 5.41) is 4.15. The Balaban J connectivity index is 2.03. The van der Waals surface area contributed by atoms with E-state index in [2.05, 4.69) is 26.4 Å². The fourth-order valence-corrected chi connectivity index (χ4v) is 2.16. The van der Waals surface area contributed by atoms with E-state index in [1.54, 1.807) is 10.9 Å². The minimum atomic E-state index is 0.301. The quantitative estimate of drug-likeness (QED) is 0.847. The Kier molecular flexibility index (Phi) is 2.62. The summed E-state index contributed by atoms with van der Waals surface area (Å²) in [6.45, 7) is 1.91. The van der Waals surface area contributed by atoms with Gasteiger partial charge in [-0.3, -0.25) is 4.68 Å². The van der Waals surface area contributed by atoms with Crippen LogP contribution in [0.25, 0.3) is 11.4 Å². The van der Waals surface area contributed by atoms with E-state index in [1.165, 1.54) is 0 Å². The fraction of sp³-hybridized carbons (Fsp3) is 0.333. The molecule has 0 aromatic carbocycles. The first-order valence-electron chi connectivity index (χ1n) is 5.93. The van der Waals surface area contributed by atoms with E-state index in [1.807, 2.05) is 19.2 Å². The second-order valence-electron chi connectivity index (χ2n) is 4.33. The van der Waals surface area contributed by atoms with E-state index >= 15 is 0 Å². The summed E-state index contributed by atoms with van der Waals surface area (Å²) in [5.74, 6) is 1.18. The molecule has 0 bridgehead atoms. The zero-order valence-electron chi connectivity index (χ0n) is 10.2. The van der Waals surface area contributed by atoms with Gasteiger partial charge in [-0.25, -0.2) is 4.98 Å². The Hall–Kier alpha value is -2.11. The molecule has 2 N–H and O–H groups in total. The molecule has 0 atom stereocenters. The van der Waals surface area contributed by atoms with Gasteiger partial charge in [-0.2, -0.15) is 10.1 Å². The third kappa shape index (κ3) is 1.90. The van der Waals surface area contributed by atoms with Crippen LogP contribution in [-0.2, 0) is 7.05 Å². The lowest BCUT2D eigenvalue weighted by Gasteiger charge is -2.17. The third-order valence-corrected chi connectivity index (χ3v) is 3.09. The molecule has 3 rings (SSSR count). The molecule has 1 fully saturated rings. The first kappa shape index (κ1) is 11.0. The maximum atomic E-state index is 5.79. The molecule has 1 saturated heterocycles. The second kappa shape index (κ2) is 4.29. The number of aromatic nitrogens is 4. The van der Waals surface area contributed by atoms with Crippen LogP contribution in [0.15, 0.2) is 18.3 Å². The van der Waals surface area contributed by atoms with Gasteiger partial charge in [0.05, 0.1) is 11.4 Å². The summed E-state index contributed by atoms with van der Waals surface area (Å²) < 4.78 is 1.78. The lowest BCUT2D eigenvalue weighted by atomic mass is 10.3. The number of aryl methyl sites for hydroxylation is 1. The highest BCUT2D eigenvalue weighted by Gasteiger charge is 2.16. The van der Waals surface area contributed by atoms with Gasteiger partial charge in [0, 0.05) is 32.4 Å². The number of rotatable bonds is 2. The number of hydrogen-bond acceptors (Lipinski definition) is 5. The molecule has 2 aromatic rings. The highest BCUT2D eigenvalue weighted by atomic mass is 15.3. The Morgan fingerprint density at radius 2 is 2.22 bits per heavy atom. The van der Waals surface area contributed by atoms with Gasteiger partial charge in [-0.15, -0.1) is 0 Å². The number of nitrogens with two attached hydrogens (primary N) is 1. The maximum Gasteiger partial charge on any atom is 0.222 e. The zero-order chi connectivity index (χ0) is 12.5. The Labute approximate surface area is 105 Å². The van der Waals surface area contributed by atoms with E-state index in [9.17, 15) is 0 Å². The van der Waals surface area contributed by atoms with Gasteiger partial charge in [0.25, 0.3) is 0 Å². The van der Waals surface area contributed by atoms with Crippen LogP contribution >= 0.6 is 0 Å². The number of anilines is 2. The molecule has 1 aliphatic heterocycles. The van der Waals surface area contributed by atoms with Gasteiger partial charge >= 0.3 is 0 Å². The van der Waals surface area contributed by atoms with Gasteiger partial charge in [0.1, 0.15) is 5.82 Å². The minimum absolute atomic E-state index is 0.301.